The Bertz CT molecular complexity index is 346. The molecule has 2 rings (SSSR count). The first-order chi connectivity index (χ1) is 9.11. The molecule has 0 radical (unpaired) electrons. The minimum absolute atomic E-state index is 0.0421. The van der Waals surface area contributed by atoms with Gasteiger partial charge in [-0.3, -0.25) is 4.79 Å². The number of amides is 2. The highest BCUT2D eigenvalue weighted by molar-refractivity contribution is 5.77. The Kier molecular flexibility index (Phi) is 4.66. The van der Waals surface area contributed by atoms with Crippen LogP contribution in [-0.2, 0) is 4.79 Å². The zero-order valence-corrected chi connectivity index (χ0v) is 11.7. The Morgan fingerprint density at radius 1 is 1.11 bits per heavy atom. The number of carboxylic acid groups (broad SMARTS) is 1. The fourth-order valence-corrected chi connectivity index (χ4v) is 3.10. The molecule has 0 aromatic rings. The van der Waals surface area contributed by atoms with E-state index in [1.54, 1.807) is 4.90 Å². The van der Waals surface area contributed by atoms with E-state index in [-0.39, 0.29) is 11.9 Å². The van der Waals surface area contributed by atoms with Gasteiger partial charge in [0.1, 0.15) is 0 Å². The van der Waals surface area contributed by atoms with Crippen LogP contribution in [0.15, 0.2) is 0 Å². The molecule has 5 heteroatoms. The van der Waals surface area contributed by atoms with Gasteiger partial charge in [0.25, 0.3) is 0 Å². The standard InChI is InChI=1S/C14H24N2O3/c1-2-11-4-3-7-15(8-5-11)14(19)16-9-6-12(10-16)13(17)18/h11-12H,2-10H2,1H3,(H,17,18). The van der Waals surface area contributed by atoms with Gasteiger partial charge < -0.3 is 14.9 Å². The highest BCUT2D eigenvalue weighted by Gasteiger charge is 2.33. The number of carbonyl (C=O) groups excluding carboxylic acids is 1. The molecule has 2 atom stereocenters. The molecule has 1 N–H and O–H groups in total. The van der Waals surface area contributed by atoms with E-state index in [0.717, 1.165) is 31.8 Å². The zero-order valence-electron chi connectivity index (χ0n) is 11.7. The Morgan fingerprint density at radius 3 is 2.47 bits per heavy atom. The molecule has 2 saturated heterocycles. The lowest BCUT2D eigenvalue weighted by Crippen LogP contribution is -2.42. The van der Waals surface area contributed by atoms with Crippen LogP contribution < -0.4 is 0 Å². The molecule has 19 heavy (non-hydrogen) atoms. The minimum atomic E-state index is -0.780. The fraction of sp³-hybridized carbons (Fsp3) is 0.857. The molecule has 0 aromatic heterocycles. The van der Waals surface area contributed by atoms with E-state index in [4.69, 9.17) is 5.11 Å². The molecule has 0 aliphatic carbocycles. The largest absolute Gasteiger partial charge is 0.481 e. The summed E-state index contributed by atoms with van der Waals surface area (Å²) in [6, 6.07) is 0.0421. The van der Waals surface area contributed by atoms with E-state index in [2.05, 4.69) is 6.92 Å². The molecule has 0 bridgehead atoms. The topological polar surface area (TPSA) is 60.9 Å². The van der Waals surface area contributed by atoms with E-state index in [1.807, 2.05) is 4.90 Å². The maximum Gasteiger partial charge on any atom is 0.320 e. The molecule has 2 unspecified atom stereocenters. The van der Waals surface area contributed by atoms with E-state index >= 15 is 0 Å². The van der Waals surface area contributed by atoms with Crippen molar-refractivity contribution in [3.63, 3.8) is 0 Å². The molecule has 5 nitrogen and oxygen atoms in total. The first kappa shape index (κ1) is 14.2. The number of likely N-dealkylation sites (tertiary alicyclic amines) is 2. The van der Waals surface area contributed by atoms with E-state index in [0.29, 0.717) is 19.5 Å². The summed E-state index contributed by atoms with van der Waals surface area (Å²) in [6.07, 6.45) is 5.14. The normalized spacial score (nSPS) is 28.3. The SMILES string of the molecule is CCC1CCCN(C(=O)N2CCC(C(=O)O)C2)CC1. The van der Waals surface area contributed by atoms with Crippen LogP contribution in [0.2, 0.25) is 0 Å². The Morgan fingerprint density at radius 2 is 1.84 bits per heavy atom. The van der Waals surface area contributed by atoms with Gasteiger partial charge in [0, 0.05) is 26.2 Å². The summed E-state index contributed by atoms with van der Waals surface area (Å²) in [6.45, 7) is 4.82. The smallest absolute Gasteiger partial charge is 0.320 e. The van der Waals surface area contributed by atoms with Crippen LogP contribution >= 0.6 is 0 Å². The number of hydrogen-bond donors (Lipinski definition) is 1. The summed E-state index contributed by atoms with van der Waals surface area (Å²) in [5.74, 6) is -0.417. The predicted octanol–water partition coefficient (Wildman–Crippen LogP) is 2.03. The van der Waals surface area contributed by atoms with Gasteiger partial charge >= 0.3 is 12.0 Å². The quantitative estimate of drug-likeness (QED) is 0.833. The van der Waals surface area contributed by atoms with Gasteiger partial charge in [-0.15, -0.1) is 0 Å². The molecule has 0 spiro atoms. The predicted molar refractivity (Wildman–Crippen MR) is 71.9 cm³/mol. The van der Waals surface area contributed by atoms with Crippen molar-refractivity contribution in [1.29, 1.82) is 0 Å². The van der Waals surface area contributed by atoms with Crippen molar-refractivity contribution in [3.05, 3.63) is 0 Å². The van der Waals surface area contributed by atoms with E-state index in [9.17, 15) is 9.59 Å². The maximum atomic E-state index is 12.4. The second-order valence-corrected chi connectivity index (χ2v) is 5.74. The average Bonchev–Trinajstić information content (AvgIpc) is 2.77. The van der Waals surface area contributed by atoms with Crippen LogP contribution in [0.4, 0.5) is 4.79 Å². The minimum Gasteiger partial charge on any atom is -0.481 e. The zero-order chi connectivity index (χ0) is 13.8. The number of rotatable bonds is 2. The van der Waals surface area contributed by atoms with Crippen LogP contribution in [0.3, 0.4) is 0 Å². The van der Waals surface area contributed by atoms with Crippen molar-refractivity contribution in [2.24, 2.45) is 11.8 Å². The molecule has 0 saturated carbocycles. The van der Waals surface area contributed by atoms with Crippen molar-refractivity contribution in [2.75, 3.05) is 26.2 Å². The summed E-state index contributed by atoms with van der Waals surface area (Å²) < 4.78 is 0. The summed E-state index contributed by atoms with van der Waals surface area (Å²) in [7, 11) is 0. The highest BCUT2D eigenvalue weighted by atomic mass is 16.4. The Balaban J connectivity index is 1.88. The molecular formula is C14H24N2O3. The first-order valence-electron chi connectivity index (χ1n) is 7.38. The monoisotopic (exact) mass is 268 g/mol. The molecule has 2 amide bonds. The van der Waals surface area contributed by atoms with Gasteiger partial charge in [-0.1, -0.05) is 13.3 Å². The summed E-state index contributed by atoms with van der Waals surface area (Å²) >= 11 is 0. The van der Waals surface area contributed by atoms with Crippen molar-refractivity contribution in [1.82, 2.24) is 9.80 Å². The third-order valence-corrected chi connectivity index (χ3v) is 4.50. The summed E-state index contributed by atoms with van der Waals surface area (Å²) in [5, 5.41) is 8.98. The van der Waals surface area contributed by atoms with Crippen molar-refractivity contribution >= 4 is 12.0 Å². The molecule has 2 aliphatic heterocycles. The number of hydrogen-bond acceptors (Lipinski definition) is 2. The van der Waals surface area contributed by atoms with Crippen LogP contribution in [0, 0.1) is 11.8 Å². The van der Waals surface area contributed by atoms with Crippen LogP contribution in [0.25, 0.3) is 0 Å². The first-order valence-corrected chi connectivity index (χ1v) is 7.38. The second-order valence-electron chi connectivity index (χ2n) is 5.74. The molecule has 0 aromatic carbocycles. The molecule has 2 fully saturated rings. The number of nitrogens with zero attached hydrogens (tertiary/aromatic N) is 2. The molecule has 2 heterocycles. The summed E-state index contributed by atoms with van der Waals surface area (Å²) in [4.78, 5) is 26.9. The number of urea groups is 1. The van der Waals surface area contributed by atoms with Gasteiger partial charge in [-0.05, 0) is 31.6 Å². The van der Waals surface area contributed by atoms with Gasteiger partial charge in [0.15, 0.2) is 0 Å². The van der Waals surface area contributed by atoms with E-state index < -0.39 is 5.97 Å². The summed E-state index contributed by atoms with van der Waals surface area (Å²) in [5.41, 5.74) is 0. The molecule has 108 valence electrons. The van der Waals surface area contributed by atoms with Gasteiger partial charge in [-0.25, -0.2) is 4.79 Å². The lowest BCUT2D eigenvalue weighted by Gasteiger charge is -2.26. The highest BCUT2D eigenvalue weighted by Crippen LogP contribution is 2.23. The van der Waals surface area contributed by atoms with E-state index in [1.165, 1.54) is 12.8 Å². The fourth-order valence-electron chi connectivity index (χ4n) is 3.10. The third-order valence-electron chi connectivity index (χ3n) is 4.50. The number of aliphatic carboxylic acids is 1. The lowest BCUT2D eigenvalue weighted by atomic mass is 9.98. The van der Waals surface area contributed by atoms with Crippen LogP contribution in [0.5, 0.6) is 0 Å². The number of carbonyl (C=O) groups is 2. The number of carboxylic acids is 1. The van der Waals surface area contributed by atoms with Crippen LogP contribution in [-0.4, -0.2) is 53.1 Å². The maximum absolute atomic E-state index is 12.4. The van der Waals surface area contributed by atoms with Gasteiger partial charge in [0.05, 0.1) is 5.92 Å². The molecular weight excluding hydrogens is 244 g/mol. The average molecular weight is 268 g/mol. The van der Waals surface area contributed by atoms with Crippen LogP contribution in [0.1, 0.15) is 39.0 Å². The van der Waals surface area contributed by atoms with Gasteiger partial charge in [0.2, 0.25) is 0 Å². The van der Waals surface area contributed by atoms with Crippen molar-refractivity contribution in [3.8, 4) is 0 Å². The Labute approximate surface area is 114 Å². The van der Waals surface area contributed by atoms with Gasteiger partial charge in [-0.2, -0.15) is 0 Å². The third kappa shape index (κ3) is 3.39. The van der Waals surface area contributed by atoms with Crippen molar-refractivity contribution in [2.45, 2.75) is 39.0 Å². The lowest BCUT2D eigenvalue weighted by molar-refractivity contribution is -0.141. The Hall–Kier alpha value is -1.26. The van der Waals surface area contributed by atoms with Crippen molar-refractivity contribution < 1.29 is 14.7 Å². The molecule has 2 aliphatic rings. The second kappa shape index (κ2) is 6.26.